The zero-order valence-corrected chi connectivity index (χ0v) is 18.1. The Kier molecular flexibility index (Phi) is 8.51. The van der Waals surface area contributed by atoms with E-state index in [-0.39, 0.29) is 18.4 Å². The van der Waals surface area contributed by atoms with Crippen LogP contribution in [0.3, 0.4) is 0 Å². The molecule has 2 rings (SSSR count). The lowest BCUT2D eigenvalue weighted by Crippen LogP contribution is -2.49. The molecule has 1 atom stereocenters. The molecule has 0 heterocycles. The third-order valence-corrected chi connectivity index (χ3v) is 4.69. The quantitative estimate of drug-likeness (QED) is 0.632. The molecule has 0 saturated carbocycles. The van der Waals surface area contributed by atoms with Crippen LogP contribution in [0.1, 0.15) is 26.3 Å². The summed E-state index contributed by atoms with van der Waals surface area (Å²) in [6.45, 7) is 6.58. The van der Waals surface area contributed by atoms with Crippen LogP contribution in [0.25, 0.3) is 0 Å². The third-order valence-electron chi connectivity index (χ3n) is 4.20. The first-order valence-electron chi connectivity index (χ1n) is 9.36. The number of para-hydroxylation sites is 1. The van der Waals surface area contributed by atoms with Crippen molar-refractivity contribution in [2.24, 2.45) is 5.92 Å². The molecule has 0 fully saturated rings. The van der Waals surface area contributed by atoms with Crippen LogP contribution in [0.4, 0.5) is 0 Å². The van der Waals surface area contributed by atoms with Crippen molar-refractivity contribution in [2.45, 2.75) is 33.4 Å². The van der Waals surface area contributed by atoms with Crippen molar-refractivity contribution in [1.82, 2.24) is 10.2 Å². The fourth-order valence-electron chi connectivity index (χ4n) is 2.61. The molecule has 0 spiro atoms. The number of halogens is 1. The number of hydrogen-bond donors (Lipinski definition) is 1. The molecule has 150 valence electrons. The number of amides is 2. The van der Waals surface area contributed by atoms with Crippen molar-refractivity contribution >= 4 is 27.7 Å². The van der Waals surface area contributed by atoms with Crippen molar-refractivity contribution in [3.05, 3.63) is 64.6 Å². The number of rotatable bonds is 9. The molecule has 0 aliphatic carbocycles. The largest absolute Gasteiger partial charge is 0.484 e. The normalized spacial score (nSPS) is 11.8. The van der Waals surface area contributed by atoms with Gasteiger partial charge in [0.25, 0.3) is 5.91 Å². The smallest absolute Gasteiger partial charge is 0.261 e. The Balaban J connectivity index is 2.11. The van der Waals surface area contributed by atoms with Crippen LogP contribution >= 0.6 is 15.9 Å². The molecule has 2 aromatic carbocycles. The van der Waals surface area contributed by atoms with Crippen molar-refractivity contribution in [3.8, 4) is 5.75 Å². The van der Waals surface area contributed by atoms with Gasteiger partial charge in [-0.15, -0.1) is 0 Å². The van der Waals surface area contributed by atoms with Gasteiger partial charge >= 0.3 is 0 Å². The minimum Gasteiger partial charge on any atom is -0.484 e. The number of nitrogens with zero attached hydrogens (tertiary/aromatic N) is 1. The Morgan fingerprint density at radius 3 is 2.43 bits per heavy atom. The summed E-state index contributed by atoms with van der Waals surface area (Å²) in [6.07, 6.45) is 0. The average molecular weight is 447 g/mol. The number of nitrogens with one attached hydrogen (secondary N) is 1. The Morgan fingerprint density at radius 1 is 1.07 bits per heavy atom. The van der Waals surface area contributed by atoms with Crippen LogP contribution < -0.4 is 10.1 Å². The molecule has 6 heteroatoms. The zero-order chi connectivity index (χ0) is 20.5. The minimum atomic E-state index is -0.607. The molecule has 0 aliphatic heterocycles. The van der Waals surface area contributed by atoms with Gasteiger partial charge in [0.2, 0.25) is 5.91 Å². The number of carbonyl (C=O) groups excluding carboxylic acids is 2. The van der Waals surface area contributed by atoms with Gasteiger partial charge in [-0.05, 0) is 42.7 Å². The van der Waals surface area contributed by atoms with Gasteiger partial charge in [-0.25, -0.2) is 0 Å². The molecular weight excluding hydrogens is 420 g/mol. The Hall–Kier alpha value is -2.34. The molecule has 28 heavy (non-hydrogen) atoms. The lowest BCUT2D eigenvalue weighted by molar-refractivity contribution is -0.142. The molecule has 2 amide bonds. The van der Waals surface area contributed by atoms with E-state index in [2.05, 4.69) is 21.2 Å². The summed E-state index contributed by atoms with van der Waals surface area (Å²) in [5.41, 5.74) is 0.936. The summed E-state index contributed by atoms with van der Waals surface area (Å²) in [4.78, 5) is 27.0. The SMILES string of the molecule is CC(C)CNC(=O)C(C)N(Cc1cccc(Br)c1)C(=O)COc1ccccc1. The predicted octanol–water partition coefficient (Wildman–Crippen LogP) is 4.02. The van der Waals surface area contributed by atoms with E-state index in [9.17, 15) is 9.59 Å². The molecule has 1 N–H and O–H groups in total. The monoisotopic (exact) mass is 446 g/mol. The van der Waals surface area contributed by atoms with E-state index >= 15 is 0 Å². The predicted molar refractivity (Wildman–Crippen MR) is 114 cm³/mol. The van der Waals surface area contributed by atoms with Gasteiger partial charge in [0.1, 0.15) is 11.8 Å². The van der Waals surface area contributed by atoms with Crippen LogP contribution in [0, 0.1) is 5.92 Å². The van der Waals surface area contributed by atoms with Crippen LogP contribution in [0.15, 0.2) is 59.1 Å². The van der Waals surface area contributed by atoms with Gasteiger partial charge in [0.05, 0.1) is 0 Å². The first kappa shape index (κ1) is 22.0. The van der Waals surface area contributed by atoms with Crippen LogP contribution in [0.2, 0.25) is 0 Å². The van der Waals surface area contributed by atoms with Crippen LogP contribution in [-0.4, -0.2) is 35.9 Å². The molecule has 0 aliphatic rings. The van der Waals surface area contributed by atoms with Gasteiger partial charge < -0.3 is 15.0 Å². The van der Waals surface area contributed by atoms with Crippen molar-refractivity contribution in [3.63, 3.8) is 0 Å². The van der Waals surface area contributed by atoms with E-state index in [0.29, 0.717) is 24.8 Å². The van der Waals surface area contributed by atoms with Crippen molar-refractivity contribution in [1.29, 1.82) is 0 Å². The van der Waals surface area contributed by atoms with Gasteiger partial charge in [-0.1, -0.05) is 60.1 Å². The molecule has 0 saturated heterocycles. The number of hydrogen-bond acceptors (Lipinski definition) is 3. The maximum Gasteiger partial charge on any atom is 0.261 e. The zero-order valence-electron chi connectivity index (χ0n) is 16.5. The first-order valence-corrected chi connectivity index (χ1v) is 10.2. The summed E-state index contributed by atoms with van der Waals surface area (Å²) >= 11 is 3.45. The Bertz CT molecular complexity index is 780. The summed E-state index contributed by atoms with van der Waals surface area (Å²) in [7, 11) is 0. The van der Waals surface area contributed by atoms with E-state index in [4.69, 9.17) is 4.74 Å². The van der Waals surface area contributed by atoms with Gasteiger partial charge in [-0.3, -0.25) is 9.59 Å². The maximum atomic E-state index is 12.9. The number of benzene rings is 2. The van der Waals surface area contributed by atoms with Crippen molar-refractivity contribution < 1.29 is 14.3 Å². The highest BCUT2D eigenvalue weighted by Gasteiger charge is 2.26. The summed E-state index contributed by atoms with van der Waals surface area (Å²) in [6, 6.07) is 16.3. The molecule has 2 aromatic rings. The van der Waals surface area contributed by atoms with E-state index in [1.807, 2.05) is 56.3 Å². The maximum absolute atomic E-state index is 12.9. The molecular formula is C22H27BrN2O3. The summed E-state index contributed by atoms with van der Waals surface area (Å²) < 4.78 is 6.53. The Labute approximate surface area is 175 Å². The highest BCUT2D eigenvalue weighted by molar-refractivity contribution is 9.10. The van der Waals surface area contributed by atoms with E-state index in [0.717, 1.165) is 10.0 Å². The molecule has 5 nitrogen and oxygen atoms in total. The lowest BCUT2D eigenvalue weighted by atomic mass is 10.1. The second-order valence-electron chi connectivity index (χ2n) is 7.07. The van der Waals surface area contributed by atoms with E-state index < -0.39 is 6.04 Å². The molecule has 0 bridgehead atoms. The highest BCUT2D eigenvalue weighted by atomic mass is 79.9. The summed E-state index contributed by atoms with van der Waals surface area (Å²) in [5, 5.41) is 2.91. The van der Waals surface area contributed by atoms with E-state index in [1.54, 1.807) is 24.0 Å². The first-order chi connectivity index (χ1) is 13.4. The lowest BCUT2D eigenvalue weighted by Gasteiger charge is -2.29. The molecule has 0 radical (unpaired) electrons. The second-order valence-corrected chi connectivity index (χ2v) is 7.98. The highest BCUT2D eigenvalue weighted by Crippen LogP contribution is 2.16. The standard InChI is InChI=1S/C22H27BrN2O3/c1-16(2)13-24-22(27)17(3)25(14-18-8-7-9-19(23)12-18)21(26)15-28-20-10-5-4-6-11-20/h4-12,16-17H,13-15H2,1-3H3,(H,24,27). The minimum absolute atomic E-state index is 0.125. The fourth-order valence-corrected chi connectivity index (χ4v) is 3.06. The second kappa shape index (κ2) is 10.9. The van der Waals surface area contributed by atoms with Crippen LogP contribution in [-0.2, 0) is 16.1 Å². The number of ether oxygens (including phenoxy) is 1. The van der Waals surface area contributed by atoms with Crippen LogP contribution in [0.5, 0.6) is 5.75 Å². The Morgan fingerprint density at radius 2 is 1.79 bits per heavy atom. The summed E-state index contributed by atoms with van der Waals surface area (Å²) in [5.74, 6) is 0.551. The number of carbonyl (C=O) groups is 2. The topological polar surface area (TPSA) is 58.6 Å². The average Bonchev–Trinajstić information content (AvgIpc) is 2.68. The van der Waals surface area contributed by atoms with Gasteiger partial charge in [-0.2, -0.15) is 0 Å². The van der Waals surface area contributed by atoms with Crippen molar-refractivity contribution in [2.75, 3.05) is 13.2 Å². The fraction of sp³-hybridized carbons (Fsp3) is 0.364. The molecule has 0 aromatic heterocycles. The van der Waals surface area contributed by atoms with E-state index in [1.165, 1.54) is 0 Å². The van der Waals surface area contributed by atoms with Gasteiger partial charge in [0.15, 0.2) is 6.61 Å². The molecule has 1 unspecified atom stereocenters. The third kappa shape index (κ3) is 7.00. The van der Waals surface area contributed by atoms with Gasteiger partial charge in [0, 0.05) is 17.6 Å².